The van der Waals surface area contributed by atoms with Crippen LogP contribution in [0.15, 0.2) is 59.1 Å². The largest absolute Gasteiger partial charge is 0.493 e. The van der Waals surface area contributed by atoms with E-state index in [1.807, 2.05) is 0 Å². The second-order valence-corrected chi connectivity index (χ2v) is 7.91. The molecular weight excluding hydrogens is 482 g/mol. The Morgan fingerprint density at radius 1 is 1.08 bits per heavy atom. The van der Waals surface area contributed by atoms with Crippen LogP contribution in [-0.4, -0.2) is 46.3 Å². The maximum Gasteiger partial charge on any atom is 0.355 e. The standard InChI is InChI=1S/C26H23N3O8/c1-33-16-10-14-12-37-25(31)18(14)20(22(16)34-2)29-21(26(32)36-4)19(24(30)35-3)17(15(11-27)23(29)28)13-8-6-5-7-9-13/h5-10,17H,12,28H2,1-4H3. The van der Waals surface area contributed by atoms with Crippen LogP contribution in [0.5, 0.6) is 11.5 Å². The second-order valence-electron chi connectivity index (χ2n) is 7.91. The maximum absolute atomic E-state index is 13.4. The molecule has 2 heterocycles. The minimum Gasteiger partial charge on any atom is -0.493 e. The number of methoxy groups -OCH3 is 4. The molecule has 1 unspecified atom stereocenters. The number of nitrogens with zero attached hydrogens (tertiary/aromatic N) is 2. The molecule has 0 aromatic heterocycles. The Hall–Kier alpha value is -4.98. The molecule has 2 aromatic rings. The van der Waals surface area contributed by atoms with Crippen LogP contribution in [0.25, 0.3) is 0 Å². The molecule has 2 aliphatic heterocycles. The molecule has 0 saturated heterocycles. The van der Waals surface area contributed by atoms with Crippen LogP contribution in [0, 0.1) is 11.3 Å². The van der Waals surface area contributed by atoms with Crippen molar-refractivity contribution in [1.29, 1.82) is 5.26 Å². The smallest absolute Gasteiger partial charge is 0.355 e. The lowest BCUT2D eigenvalue weighted by Gasteiger charge is -2.37. The van der Waals surface area contributed by atoms with Crippen molar-refractivity contribution in [2.24, 2.45) is 5.73 Å². The fourth-order valence-electron chi connectivity index (χ4n) is 4.54. The summed E-state index contributed by atoms with van der Waals surface area (Å²) in [5.74, 6) is -3.66. The molecule has 2 N–H and O–H groups in total. The predicted molar refractivity (Wildman–Crippen MR) is 128 cm³/mol. The monoisotopic (exact) mass is 505 g/mol. The first-order chi connectivity index (χ1) is 17.8. The van der Waals surface area contributed by atoms with Gasteiger partial charge < -0.3 is 29.4 Å². The first kappa shape index (κ1) is 25.1. The van der Waals surface area contributed by atoms with E-state index in [-0.39, 0.29) is 52.0 Å². The minimum absolute atomic E-state index is 0.0177. The highest BCUT2D eigenvalue weighted by atomic mass is 16.5. The number of rotatable bonds is 6. The summed E-state index contributed by atoms with van der Waals surface area (Å²) in [5.41, 5.74) is 6.86. The number of fused-ring (bicyclic) bond motifs is 1. The molecule has 0 amide bonds. The van der Waals surface area contributed by atoms with Gasteiger partial charge in [0, 0.05) is 5.56 Å². The van der Waals surface area contributed by atoms with Crippen molar-refractivity contribution in [2.75, 3.05) is 33.3 Å². The van der Waals surface area contributed by atoms with Gasteiger partial charge in [-0.3, -0.25) is 4.90 Å². The summed E-state index contributed by atoms with van der Waals surface area (Å²) >= 11 is 0. The molecule has 0 saturated carbocycles. The number of ether oxygens (including phenoxy) is 5. The predicted octanol–water partition coefficient (Wildman–Crippen LogP) is 2.27. The number of benzene rings is 2. The molecule has 0 spiro atoms. The lowest BCUT2D eigenvalue weighted by molar-refractivity contribution is -0.139. The van der Waals surface area contributed by atoms with Gasteiger partial charge in [0.15, 0.2) is 11.5 Å². The molecule has 0 fully saturated rings. The van der Waals surface area contributed by atoms with Crippen molar-refractivity contribution in [2.45, 2.75) is 12.5 Å². The van der Waals surface area contributed by atoms with Crippen LogP contribution < -0.4 is 20.1 Å². The molecule has 1 atom stereocenters. The zero-order valence-corrected chi connectivity index (χ0v) is 20.5. The first-order valence-electron chi connectivity index (χ1n) is 10.9. The Bertz CT molecular complexity index is 1410. The van der Waals surface area contributed by atoms with E-state index in [4.69, 9.17) is 29.4 Å². The van der Waals surface area contributed by atoms with Gasteiger partial charge in [0.1, 0.15) is 23.8 Å². The normalized spacial score (nSPS) is 16.6. The van der Waals surface area contributed by atoms with Crippen molar-refractivity contribution < 1.29 is 38.1 Å². The molecular formula is C26H23N3O8. The number of nitrogens with two attached hydrogens (primary N) is 1. The van der Waals surface area contributed by atoms with Gasteiger partial charge in [-0.25, -0.2) is 14.4 Å². The average molecular weight is 505 g/mol. The SMILES string of the molecule is COC(=O)C1=C(C(=O)OC)N(c2c(OC)c(OC)cc3c2C(=O)OC3)C(N)=C(C#N)C1c1ccccc1. The number of hydrogen-bond acceptors (Lipinski definition) is 11. The average Bonchev–Trinajstić information content (AvgIpc) is 3.30. The number of allylic oxidation sites excluding steroid dienone is 1. The van der Waals surface area contributed by atoms with Gasteiger partial charge in [0.05, 0.1) is 57.1 Å². The van der Waals surface area contributed by atoms with E-state index in [2.05, 4.69) is 6.07 Å². The second kappa shape index (κ2) is 9.94. The quantitative estimate of drug-likeness (QED) is 0.455. The molecule has 2 aromatic carbocycles. The number of hydrogen-bond donors (Lipinski definition) is 1. The van der Waals surface area contributed by atoms with Crippen molar-refractivity contribution in [3.8, 4) is 17.6 Å². The first-order valence-corrected chi connectivity index (χ1v) is 10.9. The Kier molecular flexibility index (Phi) is 6.75. The van der Waals surface area contributed by atoms with Gasteiger partial charge >= 0.3 is 17.9 Å². The third-order valence-electron chi connectivity index (χ3n) is 6.12. The summed E-state index contributed by atoms with van der Waals surface area (Å²) in [6, 6.07) is 12.2. The molecule has 37 heavy (non-hydrogen) atoms. The fraction of sp³-hybridized carbons (Fsp3) is 0.231. The van der Waals surface area contributed by atoms with Crippen molar-refractivity contribution in [3.63, 3.8) is 0 Å². The van der Waals surface area contributed by atoms with Crippen LogP contribution in [0.2, 0.25) is 0 Å². The summed E-state index contributed by atoms with van der Waals surface area (Å²) in [4.78, 5) is 40.6. The highest BCUT2D eigenvalue weighted by Crippen LogP contribution is 2.51. The topological polar surface area (TPSA) is 150 Å². The lowest BCUT2D eigenvalue weighted by Crippen LogP contribution is -2.41. The Morgan fingerprint density at radius 3 is 2.32 bits per heavy atom. The van der Waals surface area contributed by atoms with Crippen molar-refractivity contribution in [3.05, 3.63) is 75.8 Å². The van der Waals surface area contributed by atoms with E-state index >= 15 is 0 Å². The van der Waals surface area contributed by atoms with E-state index in [0.717, 1.165) is 19.1 Å². The van der Waals surface area contributed by atoms with E-state index in [1.54, 1.807) is 36.4 Å². The van der Waals surface area contributed by atoms with Gasteiger partial charge in [0.2, 0.25) is 0 Å². The van der Waals surface area contributed by atoms with Crippen molar-refractivity contribution in [1.82, 2.24) is 0 Å². The van der Waals surface area contributed by atoms with Crippen LogP contribution in [0.3, 0.4) is 0 Å². The van der Waals surface area contributed by atoms with Crippen molar-refractivity contribution >= 4 is 23.6 Å². The zero-order valence-electron chi connectivity index (χ0n) is 20.5. The number of esters is 3. The fourth-order valence-corrected chi connectivity index (χ4v) is 4.54. The number of nitriles is 1. The van der Waals surface area contributed by atoms with Gasteiger partial charge in [-0.05, 0) is 11.6 Å². The molecule has 0 radical (unpaired) electrons. The van der Waals surface area contributed by atoms with Gasteiger partial charge in [0.25, 0.3) is 0 Å². The Labute approximate surface area is 212 Å². The van der Waals surface area contributed by atoms with E-state index < -0.39 is 23.8 Å². The molecule has 11 heteroatoms. The molecule has 0 bridgehead atoms. The number of anilines is 1. The van der Waals surface area contributed by atoms with Gasteiger partial charge in [-0.2, -0.15) is 5.26 Å². The molecule has 190 valence electrons. The minimum atomic E-state index is -1.07. The Morgan fingerprint density at radius 2 is 1.76 bits per heavy atom. The van der Waals surface area contributed by atoms with E-state index in [0.29, 0.717) is 11.1 Å². The highest BCUT2D eigenvalue weighted by Gasteiger charge is 2.46. The third kappa shape index (κ3) is 3.88. The summed E-state index contributed by atoms with van der Waals surface area (Å²) in [6.07, 6.45) is 0. The van der Waals surface area contributed by atoms with Gasteiger partial charge in [-0.15, -0.1) is 0 Å². The maximum atomic E-state index is 13.4. The molecule has 2 aliphatic rings. The summed E-state index contributed by atoms with van der Waals surface area (Å²) < 4.78 is 26.4. The third-order valence-corrected chi connectivity index (χ3v) is 6.12. The Balaban J connectivity index is 2.19. The van der Waals surface area contributed by atoms with Crippen LogP contribution >= 0.6 is 0 Å². The van der Waals surface area contributed by atoms with E-state index in [1.165, 1.54) is 14.2 Å². The summed E-state index contributed by atoms with van der Waals surface area (Å²) in [7, 11) is 5.00. The molecule has 4 rings (SSSR count). The van der Waals surface area contributed by atoms with Gasteiger partial charge in [-0.1, -0.05) is 30.3 Å². The molecule has 0 aliphatic carbocycles. The number of carbonyl (C=O) groups is 3. The van der Waals surface area contributed by atoms with Crippen LogP contribution in [0.4, 0.5) is 5.69 Å². The van der Waals surface area contributed by atoms with Crippen LogP contribution in [0.1, 0.15) is 27.4 Å². The summed E-state index contributed by atoms with van der Waals surface area (Å²) in [6.45, 7) is -0.0716. The zero-order chi connectivity index (χ0) is 26.9. The lowest BCUT2D eigenvalue weighted by atomic mass is 9.80. The number of carbonyl (C=O) groups excluding carboxylic acids is 3. The molecule has 11 nitrogen and oxygen atoms in total. The highest BCUT2D eigenvalue weighted by molar-refractivity contribution is 6.10. The number of cyclic esters (lactones) is 1. The summed E-state index contributed by atoms with van der Waals surface area (Å²) in [5, 5.41) is 10.2. The van der Waals surface area contributed by atoms with E-state index in [9.17, 15) is 19.6 Å². The van der Waals surface area contributed by atoms with Crippen LogP contribution in [-0.2, 0) is 30.4 Å².